The first kappa shape index (κ1) is 37.7. The van der Waals surface area contributed by atoms with Crippen LogP contribution in [0.15, 0.2) is 42.7 Å². The van der Waals surface area contributed by atoms with Gasteiger partial charge < -0.3 is 9.80 Å². The minimum atomic E-state index is 0.394. The quantitative estimate of drug-likeness (QED) is 0.0789. The zero-order valence-corrected chi connectivity index (χ0v) is 29.2. The Hall–Kier alpha value is -1.44. The van der Waals surface area contributed by atoms with Gasteiger partial charge in [0.25, 0.3) is 0 Å². The van der Waals surface area contributed by atoms with Crippen LogP contribution in [-0.2, 0) is 0 Å². The molecule has 1 aromatic carbocycles. The minimum Gasteiger partial charge on any atom is -0.352 e. The van der Waals surface area contributed by atoms with Crippen LogP contribution >= 0.6 is 0 Å². The van der Waals surface area contributed by atoms with E-state index in [1.807, 2.05) is 0 Å². The van der Waals surface area contributed by atoms with Gasteiger partial charge in [0.05, 0.1) is 0 Å². The highest BCUT2D eigenvalue weighted by Crippen LogP contribution is 2.31. The van der Waals surface area contributed by atoms with Crippen LogP contribution in [0.4, 0.5) is 0 Å². The van der Waals surface area contributed by atoms with Crippen molar-refractivity contribution >= 4 is 0 Å². The van der Waals surface area contributed by atoms with Gasteiger partial charge in [-0.25, -0.2) is 0 Å². The molecule has 0 amide bonds. The van der Waals surface area contributed by atoms with Crippen molar-refractivity contribution in [2.45, 2.75) is 200 Å². The van der Waals surface area contributed by atoms with Crippen LogP contribution < -0.4 is 0 Å². The first-order valence-electron chi connectivity index (χ1n) is 19.6. The molecule has 0 saturated carbocycles. The van der Waals surface area contributed by atoms with E-state index in [2.05, 4.69) is 66.4 Å². The SMILES string of the molecule is CCCCCCCCCCCCCCCCN1C=CN(CCCCCCCCCCCCCCCC)C1c1ccccc1. The van der Waals surface area contributed by atoms with Crippen molar-refractivity contribution in [1.82, 2.24) is 9.80 Å². The average Bonchev–Trinajstić information content (AvgIpc) is 3.44. The summed E-state index contributed by atoms with van der Waals surface area (Å²) >= 11 is 0. The lowest BCUT2D eigenvalue weighted by Gasteiger charge is -2.33. The Balaban J connectivity index is 1.50. The summed E-state index contributed by atoms with van der Waals surface area (Å²) in [6.45, 7) is 6.98. The number of nitrogens with zero attached hydrogens (tertiary/aromatic N) is 2. The van der Waals surface area contributed by atoms with E-state index in [0.29, 0.717) is 6.17 Å². The Bertz CT molecular complexity index is 686. The Kier molecular flexibility index (Phi) is 24.6. The molecule has 1 aliphatic heterocycles. The van der Waals surface area contributed by atoms with Crippen LogP contribution in [0, 0.1) is 0 Å². The number of benzene rings is 1. The molecule has 2 nitrogen and oxygen atoms in total. The lowest BCUT2D eigenvalue weighted by Crippen LogP contribution is -2.32. The molecule has 0 fully saturated rings. The van der Waals surface area contributed by atoms with E-state index in [0.717, 1.165) is 0 Å². The van der Waals surface area contributed by atoms with Crippen LogP contribution in [0.5, 0.6) is 0 Å². The lowest BCUT2D eigenvalue weighted by molar-refractivity contribution is 0.149. The van der Waals surface area contributed by atoms with Crippen LogP contribution in [0.3, 0.4) is 0 Å². The molecule has 2 rings (SSSR count). The van der Waals surface area contributed by atoms with Gasteiger partial charge in [-0.2, -0.15) is 0 Å². The largest absolute Gasteiger partial charge is 0.352 e. The van der Waals surface area contributed by atoms with Gasteiger partial charge in [0.1, 0.15) is 6.17 Å². The number of rotatable bonds is 31. The van der Waals surface area contributed by atoms with E-state index in [1.165, 1.54) is 198 Å². The van der Waals surface area contributed by atoms with Crippen molar-refractivity contribution in [2.75, 3.05) is 13.1 Å². The summed E-state index contributed by atoms with van der Waals surface area (Å²) in [7, 11) is 0. The normalized spacial score (nSPS) is 13.5. The Morgan fingerprint density at radius 3 is 0.953 bits per heavy atom. The summed E-state index contributed by atoms with van der Waals surface area (Å²) in [6.07, 6.45) is 45.1. The Labute approximate surface area is 270 Å². The molecule has 248 valence electrons. The third kappa shape index (κ3) is 19.5. The van der Waals surface area contributed by atoms with Crippen molar-refractivity contribution in [3.63, 3.8) is 0 Å². The predicted molar refractivity (Wildman–Crippen MR) is 192 cm³/mol. The molecule has 1 aromatic rings. The fraction of sp³-hybridized carbons (Fsp3) is 0.805. The summed E-state index contributed by atoms with van der Waals surface area (Å²) in [5.41, 5.74) is 1.45. The van der Waals surface area contributed by atoms with Gasteiger partial charge >= 0.3 is 0 Å². The molecule has 0 saturated heterocycles. The third-order valence-electron chi connectivity index (χ3n) is 9.72. The molecule has 0 unspecified atom stereocenters. The molecular weight excluding hydrogens is 520 g/mol. The van der Waals surface area contributed by atoms with Gasteiger partial charge in [-0.15, -0.1) is 0 Å². The summed E-state index contributed by atoms with van der Waals surface area (Å²) in [5.74, 6) is 0. The maximum absolute atomic E-state index is 2.61. The van der Waals surface area contributed by atoms with E-state index in [-0.39, 0.29) is 0 Å². The number of hydrogen-bond donors (Lipinski definition) is 0. The summed E-state index contributed by atoms with van der Waals surface area (Å²) in [4.78, 5) is 5.22. The average molecular weight is 595 g/mol. The molecule has 1 aliphatic rings. The lowest BCUT2D eigenvalue weighted by atomic mass is 10.0. The Morgan fingerprint density at radius 2 is 0.651 bits per heavy atom. The van der Waals surface area contributed by atoms with Crippen molar-refractivity contribution in [3.8, 4) is 0 Å². The van der Waals surface area contributed by atoms with E-state index < -0.39 is 0 Å². The molecule has 0 radical (unpaired) electrons. The number of unbranched alkanes of at least 4 members (excludes halogenated alkanes) is 26. The van der Waals surface area contributed by atoms with E-state index >= 15 is 0 Å². The van der Waals surface area contributed by atoms with Gasteiger partial charge in [-0.1, -0.05) is 211 Å². The van der Waals surface area contributed by atoms with E-state index in [4.69, 9.17) is 0 Å². The summed E-state index contributed by atoms with van der Waals surface area (Å²) < 4.78 is 0. The van der Waals surface area contributed by atoms with Gasteiger partial charge in [0, 0.05) is 25.5 Å². The molecular formula is C41H74N2. The molecule has 0 N–H and O–H groups in total. The molecule has 1 heterocycles. The van der Waals surface area contributed by atoms with Gasteiger partial charge in [-0.05, 0) is 18.4 Å². The third-order valence-corrected chi connectivity index (χ3v) is 9.72. The van der Waals surface area contributed by atoms with Crippen molar-refractivity contribution in [3.05, 3.63) is 48.3 Å². The van der Waals surface area contributed by atoms with Crippen molar-refractivity contribution < 1.29 is 0 Å². The first-order valence-corrected chi connectivity index (χ1v) is 19.6. The smallest absolute Gasteiger partial charge is 0.127 e. The van der Waals surface area contributed by atoms with Gasteiger partial charge in [0.15, 0.2) is 0 Å². The van der Waals surface area contributed by atoms with Crippen LogP contribution in [0.2, 0.25) is 0 Å². The monoisotopic (exact) mass is 595 g/mol. The standard InChI is InChI=1S/C41H74N2/c1-3-5-7-9-11-13-15-17-19-21-23-25-27-32-36-42-38-39-43(41(42)40-34-30-29-31-35-40)37-33-28-26-24-22-20-18-16-14-12-10-8-6-4-2/h29-31,34-35,38-39,41H,3-28,32-33,36-37H2,1-2H3. The van der Waals surface area contributed by atoms with Gasteiger partial charge in [-0.3, -0.25) is 0 Å². The second kappa shape index (κ2) is 28.1. The van der Waals surface area contributed by atoms with Crippen LogP contribution in [-0.4, -0.2) is 22.9 Å². The minimum absolute atomic E-state index is 0.394. The maximum atomic E-state index is 2.61. The molecule has 0 aliphatic carbocycles. The zero-order valence-electron chi connectivity index (χ0n) is 29.2. The summed E-state index contributed by atoms with van der Waals surface area (Å²) in [5, 5.41) is 0. The number of hydrogen-bond acceptors (Lipinski definition) is 2. The van der Waals surface area contributed by atoms with Crippen LogP contribution in [0.25, 0.3) is 0 Å². The molecule has 0 aromatic heterocycles. The maximum Gasteiger partial charge on any atom is 0.127 e. The van der Waals surface area contributed by atoms with Crippen LogP contribution in [0.1, 0.15) is 205 Å². The molecule has 0 bridgehead atoms. The van der Waals surface area contributed by atoms with Crippen molar-refractivity contribution in [2.24, 2.45) is 0 Å². The molecule has 0 atom stereocenters. The fourth-order valence-electron chi connectivity index (χ4n) is 6.90. The molecule has 2 heteroatoms. The fourth-order valence-corrected chi connectivity index (χ4v) is 6.90. The second-order valence-electron chi connectivity index (χ2n) is 13.8. The summed E-state index contributed by atoms with van der Waals surface area (Å²) in [6, 6.07) is 11.2. The highest BCUT2D eigenvalue weighted by molar-refractivity contribution is 5.21. The van der Waals surface area contributed by atoms with Crippen molar-refractivity contribution in [1.29, 1.82) is 0 Å². The highest BCUT2D eigenvalue weighted by Gasteiger charge is 2.26. The van der Waals surface area contributed by atoms with Gasteiger partial charge in [0.2, 0.25) is 0 Å². The van der Waals surface area contributed by atoms with E-state index in [1.54, 1.807) is 0 Å². The molecule has 0 spiro atoms. The topological polar surface area (TPSA) is 6.48 Å². The predicted octanol–water partition coefficient (Wildman–Crippen LogP) is 13.7. The second-order valence-corrected chi connectivity index (χ2v) is 13.8. The molecule has 43 heavy (non-hydrogen) atoms. The Morgan fingerprint density at radius 1 is 0.372 bits per heavy atom. The van der Waals surface area contributed by atoms with E-state index in [9.17, 15) is 0 Å². The highest BCUT2D eigenvalue weighted by atomic mass is 15.4. The first-order chi connectivity index (χ1) is 21.4. The zero-order chi connectivity index (χ0) is 30.5.